The number of carbonyl (C=O) groups excluding carboxylic acids is 1. The zero-order valence-corrected chi connectivity index (χ0v) is 15.1. The van der Waals surface area contributed by atoms with E-state index in [0.717, 1.165) is 24.3 Å². The summed E-state index contributed by atoms with van der Waals surface area (Å²) in [7, 11) is 0. The van der Waals surface area contributed by atoms with Gasteiger partial charge in [0.2, 0.25) is 5.88 Å². The molecule has 0 aliphatic carbocycles. The van der Waals surface area contributed by atoms with Crippen molar-refractivity contribution in [3.05, 3.63) is 65.9 Å². The molecule has 0 bridgehead atoms. The molecule has 1 aliphatic rings. The highest BCUT2D eigenvalue weighted by molar-refractivity contribution is 5.92. The fraction of sp³-hybridized carbons (Fsp3) is 0.300. The molecule has 27 heavy (non-hydrogen) atoms. The van der Waals surface area contributed by atoms with Gasteiger partial charge in [0.1, 0.15) is 17.1 Å². The lowest BCUT2D eigenvalue weighted by Gasteiger charge is -2.31. The van der Waals surface area contributed by atoms with Crippen LogP contribution in [0.2, 0.25) is 0 Å². The number of carbonyl (C=O) groups is 1. The Morgan fingerprint density at radius 3 is 2.52 bits per heavy atom. The van der Waals surface area contributed by atoms with Gasteiger partial charge in [-0.3, -0.25) is 14.9 Å². The maximum Gasteiger partial charge on any atom is 0.271 e. The summed E-state index contributed by atoms with van der Waals surface area (Å²) in [5.41, 5.74) is 2.55. The molecule has 1 amide bonds. The Morgan fingerprint density at radius 2 is 1.81 bits per heavy atom. The van der Waals surface area contributed by atoms with Crippen LogP contribution in [0.5, 0.6) is 11.6 Å². The van der Waals surface area contributed by atoms with Crippen LogP contribution in [0.4, 0.5) is 0 Å². The number of aryl methyl sites for hydroxylation is 1. The number of nitrogens with zero attached hydrogens (tertiary/aromatic N) is 4. The Balaban J connectivity index is 1.45. The molecule has 138 valence electrons. The van der Waals surface area contributed by atoms with Gasteiger partial charge < -0.3 is 9.64 Å². The van der Waals surface area contributed by atoms with Crippen LogP contribution in [0.15, 0.2) is 48.9 Å². The van der Waals surface area contributed by atoms with E-state index in [1.807, 2.05) is 36.1 Å². The van der Waals surface area contributed by atoms with E-state index in [-0.39, 0.29) is 11.8 Å². The van der Waals surface area contributed by atoms with Crippen LogP contribution in [0, 0.1) is 6.92 Å². The minimum atomic E-state index is -0.0128. The maximum atomic E-state index is 12.4. The number of aromatic nitrogens is 4. The number of rotatable bonds is 4. The summed E-state index contributed by atoms with van der Waals surface area (Å²) in [5, 5.41) is 6.58. The Labute approximate surface area is 157 Å². The summed E-state index contributed by atoms with van der Waals surface area (Å²) in [6.45, 7) is 3.38. The number of nitrogens with one attached hydrogen (secondary N) is 1. The quantitative estimate of drug-likeness (QED) is 0.769. The van der Waals surface area contributed by atoms with Gasteiger partial charge in [0.25, 0.3) is 5.91 Å². The van der Waals surface area contributed by atoms with Gasteiger partial charge >= 0.3 is 0 Å². The molecule has 0 spiro atoms. The molecule has 7 nitrogen and oxygen atoms in total. The normalized spacial score (nSPS) is 14.9. The van der Waals surface area contributed by atoms with Crippen LogP contribution in [-0.2, 0) is 0 Å². The molecule has 1 fully saturated rings. The van der Waals surface area contributed by atoms with Crippen molar-refractivity contribution < 1.29 is 9.53 Å². The van der Waals surface area contributed by atoms with Crippen molar-refractivity contribution in [3.8, 4) is 11.6 Å². The molecule has 1 aromatic carbocycles. The summed E-state index contributed by atoms with van der Waals surface area (Å²) in [6.07, 6.45) is 6.57. The van der Waals surface area contributed by atoms with Gasteiger partial charge in [-0.2, -0.15) is 5.10 Å². The Kier molecular flexibility index (Phi) is 4.82. The Hall–Kier alpha value is -3.22. The molecule has 0 saturated carbocycles. The molecule has 3 aromatic rings. The largest absolute Gasteiger partial charge is 0.437 e. The first-order chi connectivity index (χ1) is 13.2. The van der Waals surface area contributed by atoms with E-state index in [9.17, 15) is 4.79 Å². The molecule has 1 N–H and O–H groups in total. The highest BCUT2D eigenvalue weighted by Gasteiger charge is 2.28. The molecular formula is C20H21N5O2. The van der Waals surface area contributed by atoms with Crippen molar-refractivity contribution in [3.63, 3.8) is 0 Å². The molecule has 0 atom stereocenters. The summed E-state index contributed by atoms with van der Waals surface area (Å²) >= 11 is 0. The van der Waals surface area contributed by atoms with Gasteiger partial charge in [-0.1, -0.05) is 17.7 Å². The first-order valence-corrected chi connectivity index (χ1v) is 9.05. The number of hydrogen-bond acceptors (Lipinski definition) is 5. The number of benzene rings is 1. The SMILES string of the molecule is Cc1ccc(Oc2nccnc2C2CCN(C(=O)c3ccn[nH]3)CC2)cc1. The molecule has 4 rings (SSSR count). The molecule has 1 aliphatic heterocycles. The first-order valence-electron chi connectivity index (χ1n) is 9.05. The fourth-order valence-corrected chi connectivity index (χ4v) is 3.31. The van der Waals surface area contributed by atoms with Crippen molar-refractivity contribution in [2.45, 2.75) is 25.7 Å². The van der Waals surface area contributed by atoms with Gasteiger partial charge in [-0.25, -0.2) is 4.98 Å². The van der Waals surface area contributed by atoms with Gasteiger partial charge in [-0.05, 0) is 38.0 Å². The smallest absolute Gasteiger partial charge is 0.271 e. The fourth-order valence-electron chi connectivity index (χ4n) is 3.31. The molecule has 3 heterocycles. The summed E-state index contributed by atoms with van der Waals surface area (Å²) in [5.74, 6) is 1.49. The van der Waals surface area contributed by atoms with Crippen molar-refractivity contribution >= 4 is 5.91 Å². The monoisotopic (exact) mass is 363 g/mol. The van der Waals surface area contributed by atoms with Gasteiger partial charge in [0, 0.05) is 37.6 Å². The lowest BCUT2D eigenvalue weighted by molar-refractivity contribution is 0.0705. The van der Waals surface area contributed by atoms with Crippen LogP contribution >= 0.6 is 0 Å². The second-order valence-electron chi connectivity index (χ2n) is 6.70. The third kappa shape index (κ3) is 3.81. The third-order valence-corrected chi connectivity index (χ3v) is 4.83. The molecule has 0 radical (unpaired) electrons. The molecular weight excluding hydrogens is 342 g/mol. The second kappa shape index (κ2) is 7.57. The zero-order chi connectivity index (χ0) is 18.6. The Morgan fingerprint density at radius 1 is 1.07 bits per heavy atom. The van der Waals surface area contributed by atoms with E-state index < -0.39 is 0 Å². The van der Waals surface area contributed by atoms with Crippen LogP contribution in [-0.4, -0.2) is 44.1 Å². The standard InChI is InChI=1S/C20H21N5O2/c1-14-2-4-16(5-3-14)27-19-18(21-10-11-22-19)15-7-12-25(13-8-15)20(26)17-6-9-23-24-17/h2-6,9-11,15H,7-8,12-13H2,1H3,(H,23,24). The number of H-pyrrole nitrogens is 1. The van der Waals surface area contributed by atoms with E-state index >= 15 is 0 Å². The molecule has 1 saturated heterocycles. The highest BCUT2D eigenvalue weighted by atomic mass is 16.5. The van der Waals surface area contributed by atoms with Crippen molar-refractivity contribution in [1.82, 2.24) is 25.1 Å². The van der Waals surface area contributed by atoms with Crippen LogP contribution in [0.1, 0.15) is 40.5 Å². The van der Waals surface area contributed by atoms with E-state index in [1.54, 1.807) is 24.7 Å². The van der Waals surface area contributed by atoms with Gasteiger partial charge in [0.05, 0.1) is 0 Å². The number of ether oxygens (including phenoxy) is 1. The van der Waals surface area contributed by atoms with Gasteiger partial charge in [0.15, 0.2) is 0 Å². The van der Waals surface area contributed by atoms with Crippen molar-refractivity contribution in [1.29, 1.82) is 0 Å². The predicted octanol–water partition coefficient (Wildman–Crippen LogP) is 3.32. The van der Waals surface area contributed by atoms with E-state index in [0.29, 0.717) is 24.7 Å². The van der Waals surface area contributed by atoms with E-state index in [1.165, 1.54) is 5.56 Å². The van der Waals surface area contributed by atoms with Crippen LogP contribution in [0.25, 0.3) is 0 Å². The van der Waals surface area contributed by atoms with Crippen LogP contribution < -0.4 is 4.74 Å². The third-order valence-electron chi connectivity index (χ3n) is 4.83. The highest BCUT2D eigenvalue weighted by Crippen LogP contribution is 2.33. The number of piperidine rings is 1. The Bertz CT molecular complexity index is 900. The number of amides is 1. The predicted molar refractivity (Wildman–Crippen MR) is 99.8 cm³/mol. The van der Waals surface area contributed by atoms with Crippen molar-refractivity contribution in [2.24, 2.45) is 0 Å². The van der Waals surface area contributed by atoms with Crippen molar-refractivity contribution in [2.75, 3.05) is 13.1 Å². The average molecular weight is 363 g/mol. The topological polar surface area (TPSA) is 84.0 Å². The molecule has 7 heteroatoms. The zero-order valence-electron chi connectivity index (χ0n) is 15.1. The minimum Gasteiger partial charge on any atom is -0.437 e. The maximum absolute atomic E-state index is 12.4. The molecule has 2 aromatic heterocycles. The summed E-state index contributed by atoms with van der Waals surface area (Å²) < 4.78 is 5.98. The van der Waals surface area contributed by atoms with E-state index in [4.69, 9.17) is 4.74 Å². The lowest BCUT2D eigenvalue weighted by Crippen LogP contribution is -2.38. The summed E-state index contributed by atoms with van der Waals surface area (Å²) in [6, 6.07) is 9.57. The number of hydrogen-bond donors (Lipinski definition) is 1. The second-order valence-corrected chi connectivity index (χ2v) is 6.70. The molecule has 0 unspecified atom stereocenters. The summed E-state index contributed by atoms with van der Waals surface area (Å²) in [4.78, 5) is 23.2. The number of likely N-dealkylation sites (tertiary alicyclic amines) is 1. The first kappa shape index (κ1) is 17.2. The minimum absolute atomic E-state index is 0.0128. The van der Waals surface area contributed by atoms with E-state index in [2.05, 4.69) is 20.2 Å². The average Bonchev–Trinajstić information content (AvgIpc) is 3.25. The van der Waals surface area contributed by atoms with Gasteiger partial charge in [-0.15, -0.1) is 0 Å². The lowest BCUT2D eigenvalue weighted by atomic mass is 9.93. The number of aromatic amines is 1. The van der Waals surface area contributed by atoms with Crippen LogP contribution in [0.3, 0.4) is 0 Å².